The molecule has 0 saturated carbocycles. The zero-order valence-electron chi connectivity index (χ0n) is 39.4. The Hall–Kier alpha value is -3.67. The smallest absolute Gasteiger partial charge is 0.306 e. The van der Waals surface area contributed by atoms with Crippen molar-refractivity contribution in [2.24, 2.45) is 0 Å². The number of hydrogen-bond acceptors (Lipinski definition) is 6. The third kappa shape index (κ3) is 47.2. The number of carbonyl (C=O) groups is 3. The summed E-state index contributed by atoms with van der Waals surface area (Å²) in [5, 5.41) is 0. The zero-order valence-corrected chi connectivity index (χ0v) is 39.4. The van der Waals surface area contributed by atoms with Gasteiger partial charge < -0.3 is 14.2 Å². The molecular formula is C55H90O6. The summed E-state index contributed by atoms with van der Waals surface area (Å²) in [5.41, 5.74) is 0. The summed E-state index contributed by atoms with van der Waals surface area (Å²) in [7, 11) is 0. The highest BCUT2D eigenvalue weighted by molar-refractivity contribution is 5.71. The van der Waals surface area contributed by atoms with Crippen LogP contribution in [0.5, 0.6) is 0 Å². The van der Waals surface area contributed by atoms with E-state index in [4.69, 9.17) is 14.2 Å². The molecule has 6 nitrogen and oxygen atoms in total. The summed E-state index contributed by atoms with van der Waals surface area (Å²) in [5.74, 6) is -0.958. The monoisotopic (exact) mass is 847 g/mol. The Morgan fingerprint density at radius 2 is 0.656 bits per heavy atom. The molecule has 0 N–H and O–H groups in total. The lowest BCUT2D eigenvalue weighted by molar-refractivity contribution is -0.167. The third-order valence-electron chi connectivity index (χ3n) is 10.2. The third-order valence-corrected chi connectivity index (χ3v) is 10.2. The van der Waals surface area contributed by atoms with E-state index in [1.807, 2.05) is 0 Å². The Morgan fingerprint density at radius 1 is 0.344 bits per heavy atom. The molecule has 0 radical (unpaired) electrons. The van der Waals surface area contributed by atoms with Gasteiger partial charge in [0, 0.05) is 19.3 Å². The van der Waals surface area contributed by atoms with E-state index < -0.39 is 6.10 Å². The van der Waals surface area contributed by atoms with Crippen molar-refractivity contribution in [1.29, 1.82) is 0 Å². The number of esters is 3. The molecule has 0 heterocycles. The molecule has 0 bridgehead atoms. The van der Waals surface area contributed by atoms with Crippen molar-refractivity contribution in [3.05, 3.63) is 97.2 Å². The van der Waals surface area contributed by atoms with Gasteiger partial charge in [-0.1, -0.05) is 201 Å². The first-order valence-electron chi connectivity index (χ1n) is 24.8. The van der Waals surface area contributed by atoms with Crippen LogP contribution < -0.4 is 0 Å². The molecule has 61 heavy (non-hydrogen) atoms. The average molecular weight is 847 g/mol. The molecule has 0 saturated heterocycles. The fraction of sp³-hybridized carbons (Fsp3) is 0.655. The maximum absolute atomic E-state index is 12.8. The van der Waals surface area contributed by atoms with Gasteiger partial charge in [-0.3, -0.25) is 14.4 Å². The number of rotatable bonds is 43. The van der Waals surface area contributed by atoms with E-state index in [2.05, 4.69) is 118 Å². The molecule has 0 aromatic rings. The molecule has 0 aromatic heterocycles. The second-order valence-corrected chi connectivity index (χ2v) is 16.1. The van der Waals surface area contributed by atoms with Gasteiger partial charge in [0.1, 0.15) is 13.2 Å². The van der Waals surface area contributed by atoms with Crippen LogP contribution in [0.1, 0.15) is 213 Å². The molecule has 346 valence electrons. The molecule has 1 unspecified atom stereocenters. The Kier molecular flexibility index (Phi) is 46.0. The normalized spacial score (nSPS) is 12.9. The highest BCUT2D eigenvalue weighted by Gasteiger charge is 2.19. The van der Waals surface area contributed by atoms with Crippen molar-refractivity contribution in [3.63, 3.8) is 0 Å². The molecular weight excluding hydrogens is 757 g/mol. The molecule has 0 aliphatic heterocycles. The number of carbonyl (C=O) groups excluding carboxylic acids is 3. The second-order valence-electron chi connectivity index (χ2n) is 16.1. The second kappa shape index (κ2) is 49.0. The van der Waals surface area contributed by atoms with Gasteiger partial charge in [-0.15, -0.1) is 0 Å². The molecule has 0 fully saturated rings. The largest absolute Gasteiger partial charge is 0.462 e. The standard InChI is InChI=1S/C55H90O6/c1-4-7-10-13-16-19-22-25-26-27-28-29-31-33-36-39-42-45-48-54(57)60-51-52(50-59-53(56)47-44-41-38-35-32-24-21-18-15-12-9-6-3)61-55(58)49-46-43-40-37-34-30-23-20-17-14-11-8-5-2/h8,11,14,16-23,25-29,52H,4-7,9-10,12-13,15,24,30-51H2,1-3H3/b11-8-,17-14-,19-16-,21-18-,23-20-,25-22-,27-26-,29-28-. The van der Waals surface area contributed by atoms with Gasteiger partial charge in [0.15, 0.2) is 6.10 Å². The van der Waals surface area contributed by atoms with Crippen molar-refractivity contribution in [3.8, 4) is 0 Å². The number of unbranched alkanes of at least 4 members (excludes halogenated alkanes) is 21. The minimum absolute atomic E-state index is 0.0997. The highest BCUT2D eigenvalue weighted by Crippen LogP contribution is 2.13. The SMILES string of the molecule is CC\C=C/C=C\C=C/CCCCCCCC(=O)OC(COC(=O)CCCCCCC\C=C/C=C\C=C/C=C\CCCCC)COC(=O)CCCCCCC/C=C\CCCCC. The summed E-state index contributed by atoms with van der Waals surface area (Å²) in [4.78, 5) is 37.9. The van der Waals surface area contributed by atoms with Crippen molar-refractivity contribution in [2.45, 2.75) is 219 Å². The maximum atomic E-state index is 12.8. The van der Waals surface area contributed by atoms with Gasteiger partial charge >= 0.3 is 17.9 Å². The quantitative estimate of drug-likeness (QED) is 0.0200. The predicted octanol–water partition coefficient (Wildman–Crippen LogP) is 16.2. The Balaban J connectivity index is 4.47. The predicted molar refractivity (Wildman–Crippen MR) is 260 cm³/mol. The average Bonchev–Trinajstić information content (AvgIpc) is 3.26. The van der Waals surface area contributed by atoms with Crippen LogP contribution >= 0.6 is 0 Å². The molecule has 6 heteroatoms. The van der Waals surface area contributed by atoms with E-state index in [0.29, 0.717) is 19.3 Å². The molecule has 0 spiro atoms. The van der Waals surface area contributed by atoms with E-state index in [-0.39, 0.29) is 31.1 Å². The first kappa shape index (κ1) is 57.3. The van der Waals surface area contributed by atoms with Crippen LogP contribution in [0.3, 0.4) is 0 Å². The zero-order chi connectivity index (χ0) is 44.4. The van der Waals surface area contributed by atoms with E-state index in [1.54, 1.807) is 0 Å². The van der Waals surface area contributed by atoms with Crippen LogP contribution in [0.4, 0.5) is 0 Å². The summed E-state index contributed by atoms with van der Waals surface area (Å²) in [6.45, 7) is 6.38. The van der Waals surface area contributed by atoms with Gasteiger partial charge in [0.2, 0.25) is 0 Å². The Bertz CT molecular complexity index is 1250. The van der Waals surface area contributed by atoms with Gasteiger partial charge in [-0.2, -0.15) is 0 Å². The Labute approximate surface area is 375 Å². The van der Waals surface area contributed by atoms with Crippen LogP contribution in [0.15, 0.2) is 97.2 Å². The summed E-state index contributed by atoms with van der Waals surface area (Å²) in [6, 6.07) is 0. The summed E-state index contributed by atoms with van der Waals surface area (Å²) in [6.07, 6.45) is 63.8. The first-order valence-corrected chi connectivity index (χ1v) is 24.8. The van der Waals surface area contributed by atoms with E-state index >= 15 is 0 Å². The van der Waals surface area contributed by atoms with Crippen LogP contribution in [0.2, 0.25) is 0 Å². The molecule has 0 amide bonds. The molecule has 0 rings (SSSR count). The minimum atomic E-state index is -0.801. The van der Waals surface area contributed by atoms with Gasteiger partial charge in [-0.05, 0) is 89.9 Å². The van der Waals surface area contributed by atoms with Crippen molar-refractivity contribution in [1.82, 2.24) is 0 Å². The molecule has 0 aliphatic carbocycles. The van der Waals surface area contributed by atoms with Gasteiger partial charge in [-0.25, -0.2) is 0 Å². The van der Waals surface area contributed by atoms with E-state index in [0.717, 1.165) is 122 Å². The lowest BCUT2D eigenvalue weighted by Crippen LogP contribution is -2.30. The van der Waals surface area contributed by atoms with Crippen molar-refractivity contribution < 1.29 is 28.6 Å². The lowest BCUT2D eigenvalue weighted by Gasteiger charge is -2.18. The summed E-state index contributed by atoms with van der Waals surface area (Å²) >= 11 is 0. The molecule has 0 aliphatic rings. The number of allylic oxidation sites excluding steroid dienone is 16. The fourth-order valence-electron chi connectivity index (χ4n) is 6.45. The van der Waals surface area contributed by atoms with Crippen LogP contribution in [0.25, 0.3) is 0 Å². The topological polar surface area (TPSA) is 78.9 Å². The molecule has 0 aromatic carbocycles. The number of hydrogen-bond donors (Lipinski definition) is 0. The van der Waals surface area contributed by atoms with Crippen LogP contribution in [-0.4, -0.2) is 37.2 Å². The van der Waals surface area contributed by atoms with Gasteiger partial charge in [0.05, 0.1) is 0 Å². The highest BCUT2D eigenvalue weighted by atomic mass is 16.6. The maximum Gasteiger partial charge on any atom is 0.306 e. The van der Waals surface area contributed by atoms with Crippen LogP contribution in [-0.2, 0) is 28.6 Å². The van der Waals surface area contributed by atoms with Crippen LogP contribution in [0, 0.1) is 0 Å². The number of ether oxygens (including phenoxy) is 3. The lowest BCUT2D eigenvalue weighted by atomic mass is 10.1. The Morgan fingerprint density at radius 3 is 1.05 bits per heavy atom. The molecule has 1 atom stereocenters. The minimum Gasteiger partial charge on any atom is -0.462 e. The fourth-order valence-corrected chi connectivity index (χ4v) is 6.45. The van der Waals surface area contributed by atoms with E-state index in [1.165, 1.54) is 51.4 Å². The van der Waals surface area contributed by atoms with Gasteiger partial charge in [0.25, 0.3) is 0 Å². The summed E-state index contributed by atoms with van der Waals surface area (Å²) < 4.78 is 16.7. The van der Waals surface area contributed by atoms with E-state index in [9.17, 15) is 14.4 Å². The van der Waals surface area contributed by atoms with Crippen molar-refractivity contribution >= 4 is 17.9 Å². The van der Waals surface area contributed by atoms with Crippen molar-refractivity contribution in [2.75, 3.05) is 13.2 Å². The first-order chi connectivity index (χ1) is 30.0.